The van der Waals surface area contributed by atoms with E-state index in [4.69, 9.17) is 61.8 Å². The largest absolute Gasteiger partial charge is 0.508 e. The van der Waals surface area contributed by atoms with Crippen molar-refractivity contribution in [1.82, 2.24) is 105 Å². The molecule has 2 aromatic heterocycles. The summed E-state index contributed by atoms with van der Waals surface area (Å²) in [6, 6.07) is 1.90. The molecule has 0 bridgehead atoms. The topological polar surface area (TPSA) is 776 Å². The number of phenolic OH excluding ortho intramolecular Hbond substituents is 1. The number of amides is 13. The van der Waals surface area contributed by atoms with Crippen LogP contribution in [0.5, 0.6) is 5.75 Å². The molecule has 14 atom stereocenters. The fourth-order valence-electron chi connectivity index (χ4n) is 16.8. The summed E-state index contributed by atoms with van der Waals surface area (Å²) in [4.78, 5) is 214. The van der Waals surface area contributed by atoms with Gasteiger partial charge in [-0.2, -0.15) is 0 Å². The Kier molecular flexibility index (Phi) is 48.1. The number of rotatable bonds is 63. The van der Waals surface area contributed by atoms with Crippen LogP contribution in [-0.2, 0) is 86.4 Å². The van der Waals surface area contributed by atoms with Crippen LogP contribution < -0.4 is 131 Å². The standard InChI is InChI=1S/C94H149N31O15/c1-54(2)47-72(120-86(136)75(50-58-52-112-64-25-8-6-23-62(58)64)123-83(133)70(31-18-45-110-94(104)105)119-88(138)76-33-20-46-125(76)90(140)71-32-19-41-106-71)84(134)117-66(27-10-13-39-96)79(129)114-65(26-9-12-38-95)78(128)115-68(29-16-43-108-92(100)101)80(130)116-69(30-17-44-109-93(102)103)82(132)122-74(49-57-51-111-63-24-7-5-22-61(57)63)85(135)118-67(28-11-14-40-97)81(131)121-73(48-56-34-36-60(127)37-35-56)87(137)124-77(55(3)4)89(139)113-59(53-126)21-15-42-107-91(98)99/h5-8,22-25,34-37,51-55,59,65-77,106,111-112,127H,9-21,26-33,38-50,95-97H2,1-4H3,(H,113,139)(H,114,129)(H,115,128)(H,116,130)(H,117,134)(H,118,135)(H,119,138)(H,120,136)(H,121,131)(H,122,132)(H,123,133)(H,124,137)(H4,98,99,107)(H4,100,101,108)(H4,102,103,109)(H4,104,105,110)/t59-,65-,66-,67-,68-,69-,70-,71+,72-,73-,74-,75-,76-,77-/m0/s1. The molecule has 0 radical (unpaired) electrons. The predicted octanol–water partition coefficient (Wildman–Crippen LogP) is -2.72. The van der Waals surface area contributed by atoms with E-state index in [-0.39, 0.29) is 184 Å². The van der Waals surface area contributed by atoms with Gasteiger partial charge < -0.3 is 155 Å². The summed E-state index contributed by atoms with van der Waals surface area (Å²) in [5.41, 5.74) is 43.4. The van der Waals surface area contributed by atoms with Crippen molar-refractivity contribution in [1.29, 1.82) is 21.6 Å². The van der Waals surface area contributed by atoms with E-state index >= 15 is 38.4 Å². The maximum atomic E-state index is 15.5. The number of phenols is 1. The molecular weight excluding hydrogens is 1800 g/mol. The molecule has 2 fully saturated rings. The van der Waals surface area contributed by atoms with Crippen LogP contribution >= 0.6 is 0 Å². The molecule has 3 aromatic carbocycles. The van der Waals surface area contributed by atoms with Crippen molar-refractivity contribution < 1.29 is 72.2 Å². The van der Waals surface area contributed by atoms with Crippen LogP contribution in [-0.4, -0.2) is 270 Å². The van der Waals surface area contributed by atoms with Gasteiger partial charge in [-0.25, -0.2) is 0 Å². The first-order valence-electron chi connectivity index (χ1n) is 48.4. The molecule has 13 amide bonds. The minimum Gasteiger partial charge on any atom is -0.508 e. The third-order valence-corrected chi connectivity index (χ3v) is 24.3. The SMILES string of the molecule is CC(C)C[C@H](NC(=O)[C@H](Cc1c[nH]c2ccccc12)NC(=O)[C@H](CCCNC(=N)N)NC(=O)[C@@H]1CCCN1C(=O)[C@H]1CCCN1)C(=O)N[C@@H](CCCCN)C(=O)N[C@@H](CCCCN)C(=O)N[C@@H](CCCNC(=N)N)C(=O)N[C@@H](CCCNC(=N)N)C(=O)N[C@@H](Cc1c[nH]c2ccccc12)C(=O)N[C@@H](CCCCN)C(=O)N[C@@H](Cc1ccc(O)cc1)C(=O)N[C@H](C(=O)N[C@H](C=O)CCCNC(=N)N)C(C)C. The third kappa shape index (κ3) is 38.2. The number of nitrogens with one attached hydrogen (secondary N) is 23. The number of aromatic hydroxyl groups is 1. The Bertz CT molecular complexity index is 4950. The number of fused-ring (bicyclic) bond motifs is 2. The molecule has 7 rings (SSSR count). The van der Waals surface area contributed by atoms with E-state index in [0.29, 0.717) is 91.9 Å². The van der Waals surface area contributed by atoms with E-state index in [1.165, 1.54) is 29.2 Å². The molecule has 2 aliphatic rings. The Morgan fingerprint density at radius 1 is 0.414 bits per heavy atom. The molecule has 770 valence electrons. The number of carbonyl (C=O) groups is 14. The Hall–Kier alpha value is -13.8. The lowest BCUT2D eigenvalue weighted by molar-refractivity contribution is -0.141. The minimum atomic E-state index is -1.58. The van der Waals surface area contributed by atoms with Gasteiger partial charge in [0.15, 0.2) is 23.8 Å². The molecule has 46 nitrogen and oxygen atoms in total. The minimum absolute atomic E-state index is 0.00681. The average molecular weight is 1950 g/mol. The molecular formula is C94H149N31O15. The molecule has 0 saturated carbocycles. The summed E-state index contributed by atoms with van der Waals surface area (Å²) in [6.45, 7) is 8.77. The summed E-state index contributed by atoms with van der Waals surface area (Å²) in [6.07, 6.45) is 7.48. The van der Waals surface area contributed by atoms with Gasteiger partial charge in [0.25, 0.3) is 0 Å². The van der Waals surface area contributed by atoms with Crippen LogP contribution in [0, 0.1) is 33.5 Å². The first kappa shape index (κ1) is 113. The highest BCUT2D eigenvalue weighted by molar-refractivity contribution is 6.01. The molecule has 0 aliphatic carbocycles. The van der Waals surface area contributed by atoms with Crippen molar-refractivity contribution in [2.45, 2.75) is 273 Å². The van der Waals surface area contributed by atoms with E-state index in [1.54, 1.807) is 70.4 Å². The van der Waals surface area contributed by atoms with Gasteiger partial charge in [-0.3, -0.25) is 84.0 Å². The van der Waals surface area contributed by atoms with Crippen LogP contribution in [0.15, 0.2) is 85.2 Å². The van der Waals surface area contributed by atoms with E-state index in [9.17, 15) is 33.9 Å². The zero-order valence-electron chi connectivity index (χ0n) is 80.6. The predicted molar refractivity (Wildman–Crippen MR) is 530 cm³/mol. The lowest BCUT2D eigenvalue weighted by atomic mass is 9.99. The molecule has 140 heavy (non-hydrogen) atoms. The molecule has 0 spiro atoms. The lowest BCUT2D eigenvalue weighted by Crippen LogP contribution is -2.61. The number of likely N-dealkylation sites (tertiary alicyclic amines) is 1. The van der Waals surface area contributed by atoms with Crippen LogP contribution in [0.4, 0.5) is 0 Å². The van der Waals surface area contributed by atoms with Gasteiger partial charge in [0.1, 0.15) is 84.5 Å². The maximum Gasteiger partial charge on any atom is 0.243 e. The Morgan fingerprint density at radius 2 is 0.771 bits per heavy atom. The van der Waals surface area contributed by atoms with E-state index in [0.717, 1.165) is 17.3 Å². The van der Waals surface area contributed by atoms with Gasteiger partial charge in [0, 0.05) is 86.2 Å². The molecule has 2 aliphatic heterocycles. The van der Waals surface area contributed by atoms with Crippen LogP contribution in [0.1, 0.15) is 186 Å². The Balaban J connectivity index is 1.17. The van der Waals surface area contributed by atoms with Crippen molar-refractivity contribution >= 4 is 129 Å². The zero-order chi connectivity index (χ0) is 102. The molecule has 38 N–H and O–H groups in total. The number of hydrogen-bond acceptors (Lipinski definition) is 23. The van der Waals surface area contributed by atoms with Crippen molar-refractivity contribution in [3.05, 3.63) is 102 Å². The normalized spacial score (nSPS) is 16.0. The lowest BCUT2D eigenvalue weighted by Gasteiger charge is -2.30. The zero-order valence-corrected chi connectivity index (χ0v) is 80.6. The fourth-order valence-corrected chi connectivity index (χ4v) is 16.8. The number of benzene rings is 3. The molecule has 0 unspecified atom stereocenters. The highest BCUT2D eigenvalue weighted by atomic mass is 16.3. The summed E-state index contributed by atoms with van der Waals surface area (Å²) in [5, 5.41) is 90.2. The van der Waals surface area contributed by atoms with Crippen molar-refractivity contribution in [3.8, 4) is 5.75 Å². The van der Waals surface area contributed by atoms with Crippen LogP contribution in [0.2, 0.25) is 0 Å². The van der Waals surface area contributed by atoms with Gasteiger partial charge in [0.05, 0.1) is 12.1 Å². The van der Waals surface area contributed by atoms with Crippen molar-refractivity contribution in [3.63, 3.8) is 0 Å². The van der Waals surface area contributed by atoms with Crippen molar-refractivity contribution in [2.24, 2.45) is 52.0 Å². The second-order valence-corrected chi connectivity index (χ2v) is 36.3. The number of carbonyl (C=O) groups excluding carboxylic acids is 14. The summed E-state index contributed by atoms with van der Waals surface area (Å²) in [7, 11) is 0. The second kappa shape index (κ2) is 59.5. The number of unbranched alkanes of at least 4 members (excludes halogenated alkanes) is 3. The number of aldehydes is 1. The number of para-hydroxylation sites is 2. The number of hydrogen-bond donors (Lipinski definition) is 31. The Morgan fingerprint density at radius 3 is 1.15 bits per heavy atom. The summed E-state index contributed by atoms with van der Waals surface area (Å²) < 4.78 is 0. The number of nitrogens with two attached hydrogens (primary N) is 7. The summed E-state index contributed by atoms with van der Waals surface area (Å²) in [5.74, 6) is -12.7. The number of nitrogens with zero attached hydrogens (tertiary/aromatic N) is 1. The average Bonchev–Trinajstić information content (AvgIpc) is 1.68. The number of aromatic amines is 2. The van der Waals surface area contributed by atoms with Crippen molar-refractivity contribution in [2.75, 3.05) is 58.9 Å². The molecule has 46 heteroatoms. The van der Waals surface area contributed by atoms with E-state index in [1.807, 2.05) is 18.2 Å². The number of guanidine groups is 4. The van der Waals surface area contributed by atoms with Crippen LogP contribution in [0.3, 0.4) is 0 Å². The number of H-pyrrole nitrogens is 2. The first-order valence-corrected chi connectivity index (χ1v) is 48.4. The highest BCUT2D eigenvalue weighted by Gasteiger charge is 2.42. The monoisotopic (exact) mass is 1950 g/mol. The van der Waals surface area contributed by atoms with Gasteiger partial charge in [0.2, 0.25) is 76.8 Å². The first-order chi connectivity index (χ1) is 67.0. The van der Waals surface area contributed by atoms with Gasteiger partial charge in [-0.05, 0) is 220 Å². The van der Waals surface area contributed by atoms with E-state index in [2.05, 4.69) is 100 Å². The van der Waals surface area contributed by atoms with Gasteiger partial charge in [-0.15, -0.1) is 0 Å². The van der Waals surface area contributed by atoms with Crippen LogP contribution in [0.25, 0.3) is 21.8 Å². The quantitative estimate of drug-likeness (QED) is 0.00814. The molecule has 5 aromatic rings. The smallest absolute Gasteiger partial charge is 0.243 e. The molecule has 4 heterocycles. The van der Waals surface area contributed by atoms with Gasteiger partial charge in [-0.1, -0.05) is 76.2 Å². The number of aromatic nitrogens is 2. The van der Waals surface area contributed by atoms with E-state index < -0.39 is 173 Å². The second-order valence-electron chi connectivity index (χ2n) is 36.3. The molecule has 2 saturated heterocycles. The third-order valence-electron chi connectivity index (χ3n) is 24.3. The highest BCUT2D eigenvalue weighted by Crippen LogP contribution is 2.26. The summed E-state index contributed by atoms with van der Waals surface area (Å²) >= 11 is 0. The maximum absolute atomic E-state index is 15.5. The fraction of sp³-hybridized carbons (Fsp3) is 0.574. The van der Waals surface area contributed by atoms with Gasteiger partial charge >= 0.3 is 0 Å². The Labute approximate surface area is 815 Å².